The van der Waals surface area contributed by atoms with Crippen LogP contribution in [-0.4, -0.2) is 10.9 Å². The first-order chi connectivity index (χ1) is 10.8. The van der Waals surface area contributed by atoms with E-state index in [0.717, 1.165) is 16.3 Å². The van der Waals surface area contributed by atoms with Gasteiger partial charge >= 0.3 is 0 Å². The van der Waals surface area contributed by atoms with Gasteiger partial charge in [-0.15, -0.1) is 11.8 Å². The molecule has 3 rings (SSSR count). The molecule has 1 N–H and O–H groups in total. The number of anilines is 1. The Balaban J connectivity index is 1.74. The molecule has 0 radical (unpaired) electrons. The van der Waals surface area contributed by atoms with Crippen molar-refractivity contribution in [1.29, 1.82) is 0 Å². The number of amides is 1. The summed E-state index contributed by atoms with van der Waals surface area (Å²) in [6.45, 7) is 0. The van der Waals surface area contributed by atoms with Crippen molar-refractivity contribution in [3.05, 3.63) is 78.5 Å². The van der Waals surface area contributed by atoms with Crippen molar-refractivity contribution in [2.45, 2.75) is 10.6 Å². The summed E-state index contributed by atoms with van der Waals surface area (Å²) in [7, 11) is 0. The van der Waals surface area contributed by atoms with Crippen molar-refractivity contribution >= 4 is 23.4 Å². The number of pyridine rings is 1. The molecule has 0 aliphatic carbocycles. The van der Waals surface area contributed by atoms with E-state index in [1.54, 1.807) is 42.6 Å². The molecule has 0 spiro atoms. The van der Waals surface area contributed by atoms with Crippen LogP contribution in [0.2, 0.25) is 0 Å². The summed E-state index contributed by atoms with van der Waals surface area (Å²) >= 11 is 1.58. The fraction of sp³-hybridized carbons (Fsp3) is 0.0588. The number of rotatable bonds is 5. The summed E-state index contributed by atoms with van der Waals surface area (Å²) in [4.78, 5) is 17.3. The fourth-order valence-corrected chi connectivity index (χ4v) is 2.91. The quantitative estimate of drug-likeness (QED) is 0.717. The van der Waals surface area contributed by atoms with Crippen LogP contribution in [0.5, 0.6) is 0 Å². The molecule has 0 fully saturated rings. The molecule has 0 saturated carbocycles. The number of nitrogens with one attached hydrogen (secondary N) is 1. The average molecular weight is 310 g/mol. The van der Waals surface area contributed by atoms with Gasteiger partial charge in [-0.3, -0.25) is 9.78 Å². The number of nitrogens with zero attached hydrogens (tertiary/aromatic N) is 1. The van der Waals surface area contributed by atoms with Gasteiger partial charge in [-0.1, -0.05) is 12.1 Å². The van der Waals surface area contributed by atoms with Gasteiger partial charge in [0.25, 0.3) is 5.91 Å². The van der Waals surface area contributed by atoms with E-state index in [-0.39, 0.29) is 5.91 Å². The van der Waals surface area contributed by atoms with Gasteiger partial charge in [0.1, 0.15) is 5.76 Å². The first kappa shape index (κ1) is 14.4. The zero-order valence-electron chi connectivity index (χ0n) is 11.7. The van der Waals surface area contributed by atoms with Crippen molar-refractivity contribution < 1.29 is 9.21 Å². The van der Waals surface area contributed by atoms with E-state index in [2.05, 4.69) is 10.3 Å². The van der Waals surface area contributed by atoms with E-state index >= 15 is 0 Å². The molecule has 0 unspecified atom stereocenters. The van der Waals surface area contributed by atoms with Crippen LogP contribution >= 0.6 is 11.8 Å². The van der Waals surface area contributed by atoms with E-state index in [9.17, 15) is 4.79 Å². The standard InChI is InChI=1S/C17H14N2O2S/c20-17(19-13-7-9-18-10-8-13)15-5-1-2-6-16(15)22-12-14-4-3-11-21-14/h1-11H,12H2,(H,18,19,20). The monoisotopic (exact) mass is 310 g/mol. The molecule has 0 saturated heterocycles. The lowest BCUT2D eigenvalue weighted by Crippen LogP contribution is -2.12. The number of hydrogen-bond donors (Lipinski definition) is 1. The summed E-state index contributed by atoms with van der Waals surface area (Å²) in [5, 5.41) is 2.88. The van der Waals surface area contributed by atoms with Crippen LogP contribution in [0.1, 0.15) is 16.1 Å². The Morgan fingerprint density at radius 3 is 2.68 bits per heavy atom. The Bertz CT molecular complexity index is 742. The minimum absolute atomic E-state index is 0.131. The lowest BCUT2D eigenvalue weighted by molar-refractivity contribution is 0.102. The molecular formula is C17H14N2O2S. The van der Waals surface area contributed by atoms with Gasteiger partial charge in [0, 0.05) is 23.0 Å². The van der Waals surface area contributed by atoms with E-state index in [0.29, 0.717) is 11.3 Å². The van der Waals surface area contributed by atoms with Crippen molar-refractivity contribution in [3.8, 4) is 0 Å². The molecule has 0 bridgehead atoms. The SMILES string of the molecule is O=C(Nc1ccncc1)c1ccccc1SCc1ccco1. The van der Waals surface area contributed by atoms with E-state index in [4.69, 9.17) is 4.42 Å². The van der Waals surface area contributed by atoms with Crippen LogP contribution in [0.25, 0.3) is 0 Å². The molecule has 22 heavy (non-hydrogen) atoms. The highest BCUT2D eigenvalue weighted by Gasteiger charge is 2.12. The van der Waals surface area contributed by atoms with E-state index < -0.39 is 0 Å². The summed E-state index contributed by atoms with van der Waals surface area (Å²) in [5.74, 6) is 1.44. The second kappa shape index (κ2) is 6.95. The summed E-state index contributed by atoms with van der Waals surface area (Å²) in [6, 6.07) is 14.8. The molecule has 1 amide bonds. The van der Waals surface area contributed by atoms with Gasteiger partial charge in [-0.2, -0.15) is 0 Å². The molecule has 4 nitrogen and oxygen atoms in total. The molecule has 5 heteroatoms. The number of hydrogen-bond acceptors (Lipinski definition) is 4. The van der Waals surface area contributed by atoms with Gasteiger partial charge in [-0.25, -0.2) is 0 Å². The van der Waals surface area contributed by atoms with Crippen molar-refractivity contribution in [2.75, 3.05) is 5.32 Å². The van der Waals surface area contributed by atoms with Crippen molar-refractivity contribution in [2.24, 2.45) is 0 Å². The molecule has 1 aromatic carbocycles. The maximum Gasteiger partial charge on any atom is 0.256 e. The Hall–Kier alpha value is -2.53. The van der Waals surface area contributed by atoms with Crippen LogP contribution < -0.4 is 5.32 Å². The first-order valence-electron chi connectivity index (χ1n) is 6.78. The number of aromatic nitrogens is 1. The number of thioether (sulfide) groups is 1. The Kier molecular flexibility index (Phi) is 4.56. The molecule has 0 aliphatic heterocycles. The average Bonchev–Trinajstić information content (AvgIpc) is 3.07. The summed E-state index contributed by atoms with van der Waals surface area (Å²) in [6.07, 6.45) is 4.94. The number of benzene rings is 1. The van der Waals surface area contributed by atoms with Gasteiger partial charge in [-0.05, 0) is 36.4 Å². The lowest BCUT2D eigenvalue weighted by Gasteiger charge is -2.09. The van der Waals surface area contributed by atoms with Crippen LogP contribution in [0.4, 0.5) is 5.69 Å². The highest BCUT2D eigenvalue weighted by Crippen LogP contribution is 2.27. The first-order valence-corrected chi connectivity index (χ1v) is 7.77. The predicted molar refractivity (Wildman–Crippen MR) is 86.9 cm³/mol. The minimum Gasteiger partial charge on any atom is -0.468 e. The van der Waals surface area contributed by atoms with Gasteiger partial charge in [0.15, 0.2) is 0 Å². The smallest absolute Gasteiger partial charge is 0.256 e. The molecule has 2 aromatic heterocycles. The van der Waals surface area contributed by atoms with Gasteiger partial charge < -0.3 is 9.73 Å². The second-order valence-corrected chi connectivity index (χ2v) is 5.57. The second-order valence-electron chi connectivity index (χ2n) is 4.55. The third kappa shape index (κ3) is 3.56. The van der Waals surface area contributed by atoms with E-state index in [1.165, 1.54) is 0 Å². The number of furan rings is 1. The van der Waals surface area contributed by atoms with Crippen molar-refractivity contribution in [3.63, 3.8) is 0 Å². The Labute approximate surface area is 132 Å². The minimum atomic E-state index is -0.131. The molecular weight excluding hydrogens is 296 g/mol. The number of carbonyl (C=O) groups excluding carboxylic acids is 1. The third-order valence-corrected chi connectivity index (χ3v) is 4.12. The highest BCUT2D eigenvalue weighted by molar-refractivity contribution is 7.98. The molecule has 0 atom stereocenters. The van der Waals surface area contributed by atoms with Gasteiger partial charge in [0.05, 0.1) is 17.6 Å². The summed E-state index contributed by atoms with van der Waals surface area (Å²) in [5.41, 5.74) is 1.38. The Morgan fingerprint density at radius 1 is 1.09 bits per heavy atom. The molecule has 2 heterocycles. The topological polar surface area (TPSA) is 55.1 Å². The van der Waals surface area contributed by atoms with Crippen LogP contribution in [-0.2, 0) is 5.75 Å². The predicted octanol–water partition coefficient (Wildman–Crippen LogP) is 4.22. The maximum atomic E-state index is 12.4. The fourth-order valence-electron chi connectivity index (χ4n) is 1.96. The lowest BCUT2D eigenvalue weighted by atomic mass is 10.2. The number of carbonyl (C=O) groups is 1. The Morgan fingerprint density at radius 2 is 1.91 bits per heavy atom. The zero-order chi connectivity index (χ0) is 15.2. The van der Waals surface area contributed by atoms with Crippen LogP contribution in [0.3, 0.4) is 0 Å². The van der Waals surface area contributed by atoms with Crippen LogP contribution in [0.15, 0.2) is 76.5 Å². The molecule has 0 aliphatic rings. The zero-order valence-corrected chi connectivity index (χ0v) is 12.5. The van der Waals surface area contributed by atoms with E-state index in [1.807, 2.05) is 36.4 Å². The highest BCUT2D eigenvalue weighted by atomic mass is 32.2. The maximum absolute atomic E-state index is 12.4. The summed E-state index contributed by atoms with van der Waals surface area (Å²) < 4.78 is 5.32. The van der Waals surface area contributed by atoms with Crippen molar-refractivity contribution in [1.82, 2.24) is 4.98 Å². The van der Waals surface area contributed by atoms with Gasteiger partial charge in [0.2, 0.25) is 0 Å². The molecule has 3 aromatic rings. The molecule has 110 valence electrons. The largest absolute Gasteiger partial charge is 0.468 e. The third-order valence-electron chi connectivity index (χ3n) is 3.02. The van der Waals surface area contributed by atoms with Crippen LogP contribution in [0, 0.1) is 0 Å². The normalized spacial score (nSPS) is 10.4.